The van der Waals surface area contributed by atoms with E-state index in [1.54, 1.807) is 0 Å². The summed E-state index contributed by atoms with van der Waals surface area (Å²) in [7, 11) is 0. The molecule has 0 aromatic rings. The van der Waals surface area contributed by atoms with Gasteiger partial charge in [-0.05, 0) is 6.92 Å². The smallest absolute Gasteiger partial charge is 0.306 e. The molecule has 0 fully saturated rings. The van der Waals surface area contributed by atoms with Crippen molar-refractivity contribution in [1.82, 2.24) is 0 Å². The number of carboxylic acids is 1. The van der Waals surface area contributed by atoms with Crippen molar-refractivity contribution in [2.45, 2.75) is 28.4 Å². The van der Waals surface area contributed by atoms with E-state index in [1.807, 2.05) is 0 Å². The highest BCUT2D eigenvalue weighted by Crippen LogP contribution is 2.39. The number of aliphatic carboxylic acids is 1. The molecule has 0 aliphatic heterocycles. The minimum atomic E-state index is -1.41. The first-order chi connectivity index (χ1) is 5.12. The average Bonchev–Trinajstić information content (AvgIpc) is 1.48. The topological polar surface area (TPSA) is 37.3 Å². The summed E-state index contributed by atoms with van der Waals surface area (Å²) in [4.78, 5) is 10.2. The Hall–Kier alpha value is 0.630. The first-order valence-electron chi connectivity index (χ1n) is 3.10. The molecule has 12 heavy (non-hydrogen) atoms. The van der Waals surface area contributed by atoms with Crippen molar-refractivity contribution in [3.63, 3.8) is 0 Å². The predicted octanol–water partition coefficient (Wildman–Crippen LogP) is 3.22. The zero-order valence-corrected chi connectivity index (χ0v) is 9.31. The zero-order chi connectivity index (χ0) is 9.99. The molecule has 0 aromatic heterocycles. The lowest BCUT2D eigenvalue weighted by molar-refractivity contribution is -0.137. The van der Waals surface area contributed by atoms with Crippen molar-refractivity contribution in [2.75, 3.05) is 0 Å². The molecule has 0 amide bonds. The van der Waals surface area contributed by atoms with Crippen LogP contribution in [0.15, 0.2) is 0 Å². The van der Waals surface area contributed by atoms with Crippen molar-refractivity contribution in [2.24, 2.45) is 0 Å². The van der Waals surface area contributed by atoms with Gasteiger partial charge in [0, 0.05) is 6.42 Å². The highest BCUT2D eigenvalue weighted by atomic mass is 35.5. The Balaban J connectivity index is 4.13. The molecule has 0 saturated heterocycles. The van der Waals surface area contributed by atoms with Gasteiger partial charge in [0.15, 0.2) is 0 Å². The lowest BCUT2D eigenvalue weighted by atomic mass is 10.2. The second kappa shape index (κ2) is 4.23. The van der Waals surface area contributed by atoms with E-state index in [1.165, 1.54) is 6.92 Å². The van der Waals surface area contributed by atoms with E-state index in [0.717, 1.165) is 0 Å². The summed E-state index contributed by atoms with van der Waals surface area (Å²) < 4.78 is -2.52. The number of halogens is 4. The van der Waals surface area contributed by atoms with E-state index >= 15 is 0 Å². The Morgan fingerprint density at radius 1 is 1.33 bits per heavy atom. The number of hydrogen-bond donors (Lipinski definition) is 1. The molecule has 6 heteroatoms. The third-order valence-corrected chi connectivity index (χ3v) is 1.78. The van der Waals surface area contributed by atoms with E-state index in [9.17, 15) is 4.79 Å². The van der Waals surface area contributed by atoms with E-state index in [0.29, 0.717) is 0 Å². The summed E-state index contributed by atoms with van der Waals surface area (Å²) in [5.74, 6) is -1.09. The largest absolute Gasteiger partial charge is 0.481 e. The molecule has 0 saturated carbocycles. The van der Waals surface area contributed by atoms with Gasteiger partial charge in [0.05, 0.1) is 6.42 Å². The van der Waals surface area contributed by atoms with Crippen molar-refractivity contribution in [3.05, 3.63) is 0 Å². The second-order valence-corrected chi connectivity index (χ2v) is 6.18. The Morgan fingerprint density at radius 2 is 1.75 bits per heavy atom. The summed E-state index contributed by atoms with van der Waals surface area (Å²) >= 11 is 22.5. The summed E-state index contributed by atoms with van der Waals surface area (Å²) in [6.45, 7) is 1.50. The number of rotatable bonds is 4. The molecule has 0 aliphatic rings. The van der Waals surface area contributed by atoms with E-state index < -0.39 is 14.6 Å². The monoisotopic (exact) mass is 252 g/mol. The first-order valence-corrected chi connectivity index (χ1v) is 4.61. The molecule has 1 N–H and O–H groups in total. The Bertz CT molecular complexity index is 173. The van der Waals surface area contributed by atoms with Crippen molar-refractivity contribution >= 4 is 52.4 Å². The molecular formula is C6H8Cl4O2. The molecule has 0 atom stereocenters. The fourth-order valence-electron chi connectivity index (χ4n) is 0.738. The Kier molecular flexibility index (Phi) is 4.45. The Morgan fingerprint density at radius 3 is 2.00 bits per heavy atom. The van der Waals surface area contributed by atoms with Crippen molar-refractivity contribution in [3.8, 4) is 0 Å². The van der Waals surface area contributed by atoms with E-state index in [4.69, 9.17) is 51.5 Å². The lowest BCUT2D eigenvalue weighted by Gasteiger charge is -2.23. The van der Waals surface area contributed by atoms with Gasteiger partial charge in [0.2, 0.25) is 0 Å². The summed E-state index contributed by atoms with van der Waals surface area (Å²) in [5, 5.41) is 8.39. The van der Waals surface area contributed by atoms with Crippen LogP contribution < -0.4 is 0 Å². The molecule has 0 rings (SSSR count). The fourth-order valence-corrected chi connectivity index (χ4v) is 2.23. The third kappa shape index (κ3) is 7.29. The van der Waals surface area contributed by atoms with E-state index in [2.05, 4.69) is 0 Å². The second-order valence-electron chi connectivity index (χ2n) is 2.67. The lowest BCUT2D eigenvalue weighted by Crippen LogP contribution is -2.25. The fraction of sp³-hybridized carbons (Fsp3) is 0.833. The van der Waals surface area contributed by atoms with Crippen LogP contribution in [0.2, 0.25) is 0 Å². The number of hydrogen-bond acceptors (Lipinski definition) is 1. The van der Waals surface area contributed by atoms with Crippen LogP contribution in [0.5, 0.6) is 0 Å². The molecule has 2 nitrogen and oxygen atoms in total. The molecule has 0 heterocycles. The normalized spacial score (nSPS) is 13.1. The molecule has 0 aromatic carbocycles. The maximum atomic E-state index is 10.2. The molecule has 0 bridgehead atoms. The molecular weight excluding hydrogens is 246 g/mol. The SMILES string of the molecule is CC(Cl)(Cl)CC(Cl)(Cl)CC(=O)O. The minimum absolute atomic E-state index is 0.00147. The van der Waals surface area contributed by atoms with Gasteiger partial charge in [-0.25, -0.2) is 0 Å². The quantitative estimate of drug-likeness (QED) is 0.782. The van der Waals surface area contributed by atoms with Gasteiger partial charge in [-0.2, -0.15) is 0 Å². The molecule has 0 radical (unpaired) electrons. The highest BCUT2D eigenvalue weighted by Gasteiger charge is 2.35. The van der Waals surface area contributed by atoms with Crippen molar-refractivity contribution < 1.29 is 9.90 Å². The van der Waals surface area contributed by atoms with Crippen molar-refractivity contribution in [1.29, 1.82) is 0 Å². The highest BCUT2D eigenvalue weighted by molar-refractivity contribution is 6.52. The van der Waals surface area contributed by atoms with Gasteiger partial charge in [0.1, 0.15) is 8.67 Å². The standard InChI is InChI=1S/C6H8Cl4O2/c1-5(7,8)3-6(9,10)2-4(11)12/h2-3H2,1H3,(H,11,12). The number of carbonyl (C=O) groups is 1. The van der Waals surface area contributed by atoms with Gasteiger partial charge in [-0.3, -0.25) is 4.79 Å². The average molecular weight is 254 g/mol. The minimum Gasteiger partial charge on any atom is -0.481 e. The maximum Gasteiger partial charge on any atom is 0.306 e. The van der Waals surface area contributed by atoms with E-state index in [-0.39, 0.29) is 12.8 Å². The van der Waals surface area contributed by atoms with Crippen LogP contribution in [0.25, 0.3) is 0 Å². The Labute approximate surface area is 90.7 Å². The molecule has 0 spiro atoms. The van der Waals surface area contributed by atoms with Crippen LogP contribution in [0, 0.1) is 0 Å². The molecule has 0 unspecified atom stereocenters. The van der Waals surface area contributed by atoms with Gasteiger partial charge in [0.25, 0.3) is 0 Å². The maximum absolute atomic E-state index is 10.2. The van der Waals surface area contributed by atoms with Gasteiger partial charge < -0.3 is 5.11 Å². The first kappa shape index (κ1) is 12.6. The van der Waals surface area contributed by atoms with Crippen LogP contribution in [0.1, 0.15) is 19.8 Å². The van der Waals surface area contributed by atoms with Gasteiger partial charge >= 0.3 is 5.97 Å². The van der Waals surface area contributed by atoms with Crippen LogP contribution in [-0.4, -0.2) is 19.7 Å². The van der Waals surface area contributed by atoms with Gasteiger partial charge in [-0.15, -0.1) is 46.4 Å². The summed E-state index contributed by atoms with van der Waals surface area (Å²) in [6, 6.07) is 0. The van der Waals surface area contributed by atoms with Crippen LogP contribution in [0.4, 0.5) is 0 Å². The number of carboxylic acid groups (broad SMARTS) is 1. The predicted molar refractivity (Wildman–Crippen MR) is 51.4 cm³/mol. The van der Waals surface area contributed by atoms with Crippen LogP contribution in [0.3, 0.4) is 0 Å². The third-order valence-electron chi connectivity index (χ3n) is 0.979. The zero-order valence-electron chi connectivity index (χ0n) is 6.28. The van der Waals surface area contributed by atoms with Crippen LogP contribution >= 0.6 is 46.4 Å². The van der Waals surface area contributed by atoms with Gasteiger partial charge in [-0.1, -0.05) is 0 Å². The molecule has 72 valence electrons. The van der Waals surface area contributed by atoms with Crippen LogP contribution in [-0.2, 0) is 4.79 Å². The summed E-state index contributed by atoms with van der Waals surface area (Å²) in [5.41, 5.74) is 0. The number of alkyl halides is 4. The summed E-state index contributed by atoms with van der Waals surface area (Å²) in [6.07, 6.45) is -0.385. The molecule has 0 aliphatic carbocycles.